The summed E-state index contributed by atoms with van der Waals surface area (Å²) in [4.78, 5) is 38.6. The van der Waals surface area contributed by atoms with Gasteiger partial charge in [0.05, 0.1) is 31.7 Å². The van der Waals surface area contributed by atoms with E-state index in [1.165, 1.54) is 10.9 Å². The number of aromatic nitrogens is 2. The lowest BCUT2D eigenvalue weighted by atomic mass is 10.1. The smallest absolute Gasteiger partial charge is 0.290 e. The molecule has 2 N–H and O–H groups in total. The summed E-state index contributed by atoms with van der Waals surface area (Å²) < 4.78 is 12.0. The van der Waals surface area contributed by atoms with Crippen molar-refractivity contribution in [2.24, 2.45) is 0 Å². The van der Waals surface area contributed by atoms with Crippen LogP contribution in [-0.2, 0) is 17.8 Å². The lowest BCUT2D eigenvalue weighted by Crippen LogP contribution is -2.43. The van der Waals surface area contributed by atoms with E-state index in [1.807, 2.05) is 36.4 Å². The molecule has 5 aromatic rings. The van der Waals surface area contributed by atoms with E-state index in [2.05, 4.69) is 16.0 Å². The van der Waals surface area contributed by atoms with Crippen LogP contribution in [0.1, 0.15) is 21.6 Å². The predicted molar refractivity (Wildman–Crippen MR) is 134 cm³/mol. The molecule has 0 fully saturated rings. The second-order valence-corrected chi connectivity index (χ2v) is 8.14. The van der Waals surface area contributed by atoms with E-state index in [1.54, 1.807) is 43.5 Å². The number of amides is 2. The lowest BCUT2D eigenvalue weighted by Gasteiger charge is -2.12. The molecule has 2 aromatic heterocycles. The maximum atomic E-state index is 13.0. The van der Waals surface area contributed by atoms with Crippen molar-refractivity contribution in [3.8, 4) is 5.75 Å². The zero-order chi connectivity index (χ0) is 25.1. The molecule has 0 atom stereocenters. The largest absolute Gasteiger partial charge is 0.497 e. The van der Waals surface area contributed by atoms with Crippen LogP contribution in [0.5, 0.6) is 5.75 Å². The zero-order valence-electron chi connectivity index (χ0n) is 19.4. The molecule has 3 aromatic carbocycles. The Morgan fingerprint density at radius 3 is 2.47 bits per heavy atom. The standard InChI is InChI=1S/C27H22N4O5/c1-35-19-11-12-20-18(16-36-23(20)14-19)13-24(32)28-29-26(33)25-21-9-5-6-10-22(21)27(34)31(30-25)15-17-7-3-2-4-8-17/h2-12,14,16H,13,15H2,1H3,(H,28,32)(H,29,33). The highest BCUT2D eigenvalue weighted by atomic mass is 16.5. The zero-order valence-corrected chi connectivity index (χ0v) is 19.4. The average molecular weight is 482 g/mol. The minimum Gasteiger partial charge on any atom is -0.497 e. The minimum absolute atomic E-state index is 0.0126. The number of carbonyl (C=O) groups is 2. The molecule has 0 bridgehead atoms. The van der Waals surface area contributed by atoms with Gasteiger partial charge >= 0.3 is 0 Å². The van der Waals surface area contributed by atoms with Crippen molar-refractivity contribution >= 4 is 33.6 Å². The molecule has 9 heteroatoms. The fourth-order valence-corrected chi connectivity index (χ4v) is 4.00. The van der Waals surface area contributed by atoms with Gasteiger partial charge in [0, 0.05) is 22.4 Å². The van der Waals surface area contributed by atoms with Crippen LogP contribution in [0.4, 0.5) is 0 Å². The summed E-state index contributed by atoms with van der Waals surface area (Å²) in [5.74, 6) is -0.430. The van der Waals surface area contributed by atoms with Gasteiger partial charge in [-0.05, 0) is 23.8 Å². The van der Waals surface area contributed by atoms with Crippen molar-refractivity contribution in [1.29, 1.82) is 0 Å². The van der Waals surface area contributed by atoms with Gasteiger partial charge in [-0.15, -0.1) is 0 Å². The maximum Gasteiger partial charge on any atom is 0.290 e. The van der Waals surface area contributed by atoms with Gasteiger partial charge in [-0.25, -0.2) is 4.68 Å². The Balaban J connectivity index is 1.35. The fourth-order valence-electron chi connectivity index (χ4n) is 4.00. The Bertz CT molecular complexity index is 1640. The first-order chi connectivity index (χ1) is 17.5. The number of carbonyl (C=O) groups excluding carboxylic acids is 2. The van der Waals surface area contributed by atoms with Crippen LogP contribution in [0.25, 0.3) is 21.7 Å². The molecule has 0 saturated carbocycles. The van der Waals surface area contributed by atoms with Crippen LogP contribution < -0.4 is 21.1 Å². The van der Waals surface area contributed by atoms with E-state index >= 15 is 0 Å². The number of fused-ring (bicyclic) bond motifs is 2. The Morgan fingerprint density at radius 1 is 0.944 bits per heavy atom. The van der Waals surface area contributed by atoms with E-state index in [0.717, 1.165) is 10.9 Å². The van der Waals surface area contributed by atoms with Crippen LogP contribution in [0.3, 0.4) is 0 Å². The predicted octanol–water partition coefficient (Wildman–Crippen LogP) is 3.20. The van der Waals surface area contributed by atoms with Gasteiger partial charge in [0.15, 0.2) is 5.69 Å². The highest BCUT2D eigenvalue weighted by Crippen LogP contribution is 2.25. The molecule has 2 amide bonds. The number of rotatable bonds is 6. The van der Waals surface area contributed by atoms with Crippen molar-refractivity contribution in [3.63, 3.8) is 0 Å². The number of hydrogen-bond donors (Lipinski definition) is 2. The molecule has 5 rings (SSSR count). The van der Waals surface area contributed by atoms with Crippen molar-refractivity contribution in [2.75, 3.05) is 7.11 Å². The van der Waals surface area contributed by atoms with Crippen LogP contribution in [0, 0.1) is 0 Å². The molecule has 0 aliphatic rings. The van der Waals surface area contributed by atoms with Gasteiger partial charge in [-0.2, -0.15) is 5.10 Å². The van der Waals surface area contributed by atoms with E-state index < -0.39 is 11.8 Å². The monoisotopic (exact) mass is 482 g/mol. The summed E-state index contributed by atoms with van der Waals surface area (Å²) >= 11 is 0. The minimum atomic E-state index is -0.636. The number of ether oxygens (including phenoxy) is 1. The Labute approximate surface area is 205 Å². The average Bonchev–Trinajstić information content (AvgIpc) is 3.31. The van der Waals surface area contributed by atoms with E-state index in [9.17, 15) is 14.4 Å². The quantitative estimate of drug-likeness (QED) is 0.359. The number of furan rings is 1. The maximum absolute atomic E-state index is 13.0. The number of hydrogen-bond acceptors (Lipinski definition) is 6. The highest BCUT2D eigenvalue weighted by molar-refractivity contribution is 6.05. The van der Waals surface area contributed by atoms with Gasteiger partial charge in [-0.1, -0.05) is 48.5 Å². The van der Waals surface area contributed by atoms with Gasteiger partial charge in [-0.3, -0.25) is 25.2 Å². The second-order valence-electron chi connectivity index (χ2n) is 8.14. The van der Waals surface area contributed by atoms with E-state index in [4.69, 9.17) is 9.15 Å². The summed E-state index contributed by atoms with van der Waals surface area (Å²) in [6, 6.07) is 21.4. The Morgan fingerprint density at radius 2 is 1.69 bits per heavy atom. The molecule has 36 heavy (non-hydrogen) atoms. The molecular formula is C27H22N4O5. The highest BCUT2D eigenvalue weighted by Gasteiger charge is 2.18. The fraction of sp³-hybridized carbons (Fsp3) is 0.111. The molecule has 2 heterocycles. The van der Waals surface area contributed by atoms with Crippen LogP contribution in [0.15, 0.2) is 88.3 Å². The Hall–Kier alpha value is -4.92. The first-order valence-electron chi connectivity index (χ1n) is 11.2. The first-order valence-corrected chi connectivity index (χ1v) is 11.2. The van der Waals surface area contributed by atoms with Crippen molar-refractivity contribution < 1.29 is 18.7 Å². The van der Waals surface area contributed by atoms with Gasteiger partial charge < -0.3 is 9.15 Å². The summed E-state index contributed by atoms with van der Waals surface area (Å²) in [6.07, 6.45) is 1.49. The molecule has 180 valence electrons. The number of benzene rings is 3. The van der Waals surface area contributed by atoms with Crippen molar-refractivity contribution in [3.05, 3.63) is 106 Å². The summed E-state index contributed by atoms with van der Waals surface area (Å²) in [5, 5.41) is 5.85. The molecule has 0 spiro atoms. The molecule has 0 aliphatic heterocycles. The second kappa shape index (κ2) is 9.75. The summed E-state index contributed by atoms with van der Waals surface area (Å²) in [6.45, 7) is 0.204. The topological polar surface area (TPSA) is 115 Å². The van der Waals surface area contributed by atoms with E-state index in [-0.39, 0.29) is 24.2 Å². The van der Waals surface area contributed by atoms with E-state index in [0.29, 0.717) is 27.7 Å². The third-order valence-corrected chi connectivity index (χ3v) is 5.79. The molecule has 0 unspecified atom stereocenters. The van der Waals surface area contributed by atoms with Gasteiger partial charge in [0.25, 0.3) is 11.5 Å². The number of nitrogens with zero attached hydrogens (tertiary/aromatic N) is 2. The first kappa shape index (κ1) is 22.9. The van der Waals surface area contributed by atoms with Crippen LogP contribution in [-0.4, -0.2) is 28.7 Å². The third-order valence-electron chi connectivity index (χ3n) is 5.79. The number of hydrazine groups is 1. The molecule has 0 aliphatic carbocycles. The van der Waals surface area contributed by atoms with Crippen molar-refractivity contribution in [1.82, 2.24) is 20.6 Å². The SMILES string of the molecule is COc1ccc2c(CC(=O)NNC(=O)c3nn(Cc4ccccc4)c(=O)c4ccccc34)coc2c1. The summed E-state index contributed by atoms with van der Waals surface area (Å²) in [5.41, 5.74) is 6.69. The lowest BCUT2D eigenvalue weighted by molar-refractivity contribution is -0.121. The third kappa shape index (κ3) is 4.54. The molecule has 0 saturated heterocycles. The molecule has 0 radical (unpaired) electrons. The van der Waals surface area contributed by atoms with Crippen molar-refractivity contribution in [2.45, 2.75) is 13.0 Å². The number of methoxy groups -OCH3 is 1. The van der Waals surface area contributed by atoms with Gasteiger partial charge in [0.2, 0.25) is 5.91 Å². The molecule has 9 nitrogen and oxygen atoms in total. The van der Waals surface area contributed by atoms with Crippen LogP contribution >= 0.6 is 0 Å². The number of nitrogens with one attached hydrogen (secondary N) is 2. The van der Waals surface area contributed by atoms with Crippen LogP contribution in [0.2, 0.25) is 0 Å². The normalized spacial score (nSPS) is 10.9. The Kier molecular flexibility index (Phi) is 6.19. The van der Waals surface area contributed by atoms with Gasteiger partial charge in [0.1, 0.15) is 11.3 Å². The molecular weight excluding hydrogens is 460 g/mol. The summed E-state index contributed by atoms with van der Waals surface area (Å²) in [7, 11) is 1.56.